The van der Waals surface area contributed by atoms with Crippen LogP contribution in [0.3, 0.4) is 0 Å². The van der Waals surface area contributed by atoms with Gasteiger partial charge < -0.3 is 0 Å². The van der Waals surface area contributed by atoms with Crippen molar-refractivity contribution in [3.63, 3.8) is 0 Å². The molecule has 1 spiro atoms. The van der Waals surface area contributed by atoms with Gasteiger partial charge in [0.2, 0.25) is 10.0 Å². The fraction of sp³-hybridized carbons (Fsp3) is 1.00. The lowest BCUT2D eigenvalue weighted by Crippen LogP contribution is -2.55. The van der Waals surface area contributed by atoms with E-state index in [2.05, 4.69) is 0 Å². The Morgan fingerprint density at radius 2 is 1.43 bits per heavy atom. The molecule has 0 amide bonds. The second kappa shape index (κ2) is 6.28. The molecular weight excluding hydrogens is 338 g/mol. The molecule has 1 saturated carbocycles. The molecule has 23 heavy (non-hydrogen) atoms. The van der Waals surface area contributed by atoms with Crippen molar-refractivity contribution in [3.05, 3.63) is 0 Å². The average Bonchev–Trinajstić information content (AvgIpc) is 2.46. The summed E-state index contributed by atoms with van der Waals surface area (Å²) in [4.78, 5) is 0. The van der Waals surface area contributed by atoms with Crippen LogP contribution in [0.4, 0.5) is 0 Å². The molecule has 2 fully saturated rings. The van der Waals surface area contributed by atoms with Crippen molar-refractivity contribution < 1.29 is 21.4 Å². The molecule has 0 aromatic heterocycles. The Morgan fingerprint density at radius 1 is 0.957 bits per heavy atom. The van der Waals surface area contributed by atoms with Crippen LogP contribution in [0.15, 0.2) is 0 Å². The monoisotopic (exact) mass is 367 g/mol. The van der Waals surface area contributed by atoms with Gasteiger partial charge in [-0.05, 0) is 51.9 Å². The zero-order valence-electron chi connectivity index (χ0n) is 14.3. The predicted octanol–water partition coefficient (Wildman–Crippen LogP) is 2.42. The van der Waals surface area contributed by atoms with E-state index in [4.69, 9.17) is 0 Å². The van der Waals surface area contributed by atoms with Crippen molar-refractivity contribution in [2.45, 2.75) is 75.7 Å². The van der Waals surface area contributed by atoms with Gasteiger partial charge in [0.05, 0.1) is 4.75 Å². The standard InChI is InChI=1S/C15H29NO5S2/c1-13(22(17,18)19)14(2,3)23(20,21)16-11-9-15(10-12-16)7-5-4-6-8-15/h13H,4-12H2,1-3H3,(H,17,18,19). The maximum absolute atomic E-state index is 12.9. The fourth-order valence-electron chi connectivity index (χ4n) is 3.90. The summed E-state index contributed by atoms with van der Waals surface area (Å²) < 4.78 is 57.8. The largest absolute Gasteiger partial charge is 0.285 e. The molecule has 0 bridgehead atoms. The van der Waals surface area contributed by atoms with Crippen LogP contribution in [0, 0.1) is 5.41 Å². The Morgan fingerprint density at radius 3 is 1.87 bits per heavy atom. The molecule has 136 valence electrons. The maximum Gasteiger partial charge on any atom is 0.269 e. The van der Waals surface area contributed by atoms with Gasteiger partial charge in [-0.2, -0.15) is 8.42 Å². The van der Waals surface area contributed by atoms with E-state index in [0.717, 1.165) is 12.8 Å². The number of piperidine rings is 1. The number of hydrogen-bond donors (Lipinski definition) is 1. The van der Waals surface area contributed by atoms with Crippen molar-refractivity contribution >= 4 is 20.1 Å². The van der Waals surface area contributed by atoms with Gasteiger partial charge >= 0.3 is 0 Å². The lowest BCUT2D eigenvalue weighted by Gasteiger charge is -2.45. The summed E-state index contributed by atoms with van der Waals surface area (Å²) >= 11 is 0. The summed E-state index contributed by atoms with van der Waals surface area (Å²) in [5.74, 6) is 0. The lowest BCUT2D eigenvalue weighted by molar-refractivity contribution is 0.101. The van der Waals surface area contributed by atoms with Crippen molar-refractivity contribution in [2.75, 3.05) is 13.1 Å². The molecule has 1 heterocycles. The van der Waals surface area contributed by atoms with Gasteiger partial charge in [-0.1, -0.05) is 19.3 Å². The van der Waals surface area contributed by atoms with E-state index in [0.29, 0.717) is 13.1 Å². The van der Waals surface area contributed by atoms with Crippen LogP contribution >= 0.6 is 0 Å². The average molecular weight is 368 g/mol. The van der Waals surface area contributed by atoms with Crippen LogP contribution in [0.1, 0.15) is 65.7 Å². The van der Waals surface area contributed by atoms with Gasteiger partial charge in [0, 0.05) is 13.1 Å². The van der Waals surface area contributed by atoms with Gasteiger partial charge in [-0.25, -0.2) is 12.7 Å². The number of nitrogens with zero attached hydrogens (tertiary/aromatic N) is 1. The molecule has 1 atom stereocenters. The van der Waals surface area contributed by atoms with Crippen LogP contribution in [-0.4, -0.2) is 48.8 Å². The number of sulfonamides is 1. The zero-order valence-corrected chi connectivity index (χ0v) is 15.9. The number of hydrogen-bond acceptors (Lipinski definition) is 4. The lowest BCUT2D eigenvalue weighted by atomic mass is 9.68. The van der Waals surface area contributed by atoms with Gasteiger partial charge in [0.25, 0.3) is 10.1 Å². The predicted molar refractivity (Wildman–Crippen MR) is 90.3 cm³/mol. The Balaban J connectivity index is 2.15. The molecule has 1 saturated heterocycles. The Bertz CT molecular complexity index is 623. The normalized spacial score (nSPS) is 25.4. The summed E-state index contributed by atoms with van der Waals surface area (Å²) in [7, 11) is -8.22. The third-order valence-corrected chi connectivity index (χ3v) is 10.5. The molecule has 1 aliphatic carbocycles. The highest BCUT2D eigenvalue weighted by Crippen LogP contribution is 2.45. The third-order valence-electron chi connectivity index (χ3n) is 6.13. The summed E-state index contributed by atoms with van der Waals surface area (Å²) in [6.45, 7) is 4.91. The van der Waals surface area contributed by atoms with Crippen molar-refractivity contribution in [1.29, 1.82) is 0 Å². The van der Waals surface area contributed by atoms with E-state index >= 15 is 0 Å². The van der Waals surface area contributed by atoms with Gasteiger partial charge in [-0.15, -0.1) is 0 Å². The summed E-state index contributed by atoms with van der Waals surface area (Å²) in [6, 6.07) is 0. The van der Waals surface area contributed by atoms with Crippen LogP contribution in [-0.2, 0) is 20.1 Å². The van der Waals surface area contributed by atoms with E-state index in [1.165, 1.54) is 57.2 Å². The first-order chi connectivity index (χ1) is 10.4. The molecule has 8 heteroatoms. The quantitative estimate of drug-likeness (QED) is 0.771. The number of rotatable bonds is 4. The highest BCUT2D eigenvalue weighted by atomic mass is 32.2. The van der Waals surface area contributed by atoms with Crippen LogP contribution < -0.4 is 0 Å². The van der Waals surface area contributed by atoms with Crippen LogP contribution in [0.2, 0.25) is 0 Å². The third kappa shape index (κ3) is 3.60. The highest BCUT2D eigenvalue weighted by molar-refractivity contribution is 7.93. The molecule has 1 unspecified atom stereocenters. The highest BCUT2D eigenvalue weighted by Gasteiger charge is 2.50. The summed E-state index contributed by atoms with van der Waals surface area (Å²) in [5.41, 5.74) is 0.281. The van der Waals surface area contributed by atoms with Crippen molar-refractivity contribution in [3.8, 4) is 0 Å². The second-order valence-electron chi connectivity index (χ2n) is 7.73. The topological polar surface area (TPSA) is 91.8 Å². The Hall–Kier alpha value is -0.180. The van der Waals surface area contributed by atoms with Crippen LogP contribution in [0.25, 0.3) is 0 Å². The molecule has 6 nitrogen and oxygen atoms in total. The van der Waals surface area contributed by atoms with Crippen LogP contribution in [0.5, 0.6) is 0 Å². The van der Waals surface area contributed by atoms with E-state index in [1.807, 2.05) is 0 Å². The SMILES string of the molecule is CC(C(C)(C)S(=O)(=O)N1CCC2(CCCCC2)CC1)S(=O)(=O)O. The minimum Gasteiger partial charge on any atom is -0.285 e. The first-order valence-electron chi connectivity index (χ1n) is 8.38. The minimum atomic E-state index is -4.42. The zero-order chi connectivity index (χ0) is 17.5. The molecule has 1 N–H and O–H groups in total. The van der Waals surface area contributed by atoms with Gasteiger partial charge in [0.15, 0.2) is 0 Å². The molecule has 2 aliphatic rings. The van der Waals surface area contributed by atoms with Crippen molar-refractivity contribution in [1.82, 2.24) is 4.31 Å². The Labute approximate surface area is 140 Å². The van der Waals surface area contributed by atoms with E-state index in [-0.39, 0.29) is 5.41 Å². The molecular formula is C15H29NO5S2. The molecule has 0 aromatic carbocycles. The summed E-state index contributed by atoms with van der Waals surface area (Å²) in [6.07, 6.45) is 7.75. The van der Waals surface area contributed by atoms with Crippen molar-refractivity contribution in [2.24, 2.45) is 5.41 Å². The second-order valence-corrected chi connectivity index (χ2v) is 12.0. The van der Waals surface area contributed by atoms with E-state index < -0.39 is 30.1 Å². The minimum absolute atomic E-state index is 0.281. The maximum atomic E-state index is 12.9. The fourth-order valence-corrected chi connectivity index (χ4v) is 7.10. The van der Waals surface area contributed by atoms with E-state index in [1.54, 1.807) is 0 Å². The molecule has 2 rings (SSSR count). The first kappa shape index (κ1) is 19.1. The molecule has 1 aliphatic heterocycles. The van der Waals surface area contributed by atoms with Gasteiger partial charge in [-0.3, -0.25) is 4.55 Å². The van der Waals surface area contributed by atoms with E-state index in [9.17, 15) is 21.4 Å². The molecule has 0 aromatic rings. The first-order valence-corrected chi connectivity index (χ1v) is 11.3. The van der Waals surface area contributed by atoms with Gasteiger partial charge in [0.1, 0.15) is 5.25 Å². The summed E-state index contributed by atoms with van der Waals surface area (Å²) in [5, 5.41) is -1.37. The molecule has 0 radical (unpaired) electrons. The Kier molecular flexibility index (Phi) is 5.23. The smallest absolute Gasteiger partial charge is 0.269 e.